The molecule has 2 aromatic rings. The lowest BCUT2D eigenvalue weighted by molar-refractivity contribution is 0.532. The van der Waals surface area contributed by atoms with Crippen LogP contribution in [0.3, 0.4) is 0 Å². The summed E-state index contributed by atoms with van der Waals surface area (Å²) in [6.45, 7) is 0. The Bertz CT molecular complexity index is 817. The average Bonchev–Trinajstić information content (AvgIpc) is 2.86. The summed E-state index contributed by atoms with van der Waals surface area (Å²) >= 11 is 12.1. The van der Waals surface area contributed by atoms with Gasteiger partial charge in [-0.3, -0.25) is 0 Å². The van der Waals surface area contributed by atoms with Gasteiger partial charge in [-0.2, -0.15) is 10.5 Å². The molecule has 2 nitrogen and oxygen atoms in total. The molecule has 0 saturated carbocycles. The van der Waals surface area contributed by atoms with E-state index < -0.39 is 5.41 Å². The maximum absolute atomic E-state index is 9.71. The fourth-order valence-electron chi connectivity index (χ4n) is 3.28. The summed E-state index contributed by atoms with van der Waals surface area (Å²) in [5, 5.41) is 19.9. The van der Waals surface area contributed by atoms with Crippen molar-refractivity contribution in [2.24, 2.45) is 0 Å². The molecule has 1 aliphatic carbocycles. The van der Waals surface area contributed by atoms with Crippen LogP contribution in [0.25, 0.3) is 0 Å². The number of halogens is 2. The summed E-state index contributed by atoms with van der Waals surface area (Å²) in [6, 6.07) is 18.0. The number of benzene rings is 2. The van der Waals surface area contributed by atoms with Crippen molar-refractivity contribution in [1.82, 2.24) is 0 Å². The first-order valence-corrected chi connectivity index (χ1v) is 7.69. The summed E-state index contributed by atoms with van der Waals surface area (Å²) in [5.74, 6) is 0.0546. The number of hydrogen-bond acceptors (Lipinski definition) is 2. The maximum Gasteiger partial charge on any atom is 0.0963 e. The minimum absolute atomic E-state index is 0.0546. The van der Waals surface area contributed by atoms with Crippen LogP contribution in [0, 0.1) is 22.7 Å². The van der Waals surface area contributed by atoms with E-state index in [4.69, 9.17) is 28.5 Å². The third-order valence-corrected chi connectivity index (χ3v) is 5.08. The molecule has 0 spiro atoms. The number of hydrogen-bond donors (Lipinski definition) is 0. The fraction of sp³-hybridized carbons (Fsp3) is 0.222. The van der Waals surface area contributed by atoms with Gasteiger partial charge in [-0.05, 0) is 35.2 Å². The largest absolute Gasteiger partial charge is 0.198 e. The molecule has 0 amide bonds. The molecule has 0 aliphatic heterocycles. The molecule has 22 heavy (non-hydrogen) atoms. The van der Waals surface area contributed by atoms with Crippen molar-refractivity contribution in [2.45, 2.75) is 24.2 Å². The molecule has 0 aromatic heterocycles. The molecule has 0 radical (unpaired) electrons. The van der Waals surface area contributed by atoms with E-state index in [2.05, 4.69) is 12.1 Å². The molecule has 0 heterocycles. The minimum Gasteiger partial charge on any atom is -0.198 e. The van der Waals surface area contributed by atoms with Gasteiger partial charge in [0.05, 0.1) is 34.0 Å². The summed E-state index contributed by atoms with van der Waals surface area (Å²) in [7, 11) is 0. The van der Waals surface area contributed by atoms with Gasteiger partial charge in [0.25, 0.3) is 0 Å². The lowest BCUT2D eigenvalue weighted by atomic mass is 9.79. The van der Waals surface area contributed by atoms with Crippen LogP contribution in [0.2, 0.25) is 10.0 Å². The summed E-state index contributed by atoms with van der Waals surface area (Å²) in [5.41, 5.74) is 2.33. The Morgan fingerprint density at radius 1 is 1.09 bits per heavy atom. The lowest BCUT2D eigenvalue weighted by Crippen LogP contribution is -2.20. The minimum atomic E-state index is -0.748. The van der Waals surface area contributed by atoms with E-state index in [9.17, 15) is 5.26 Å². The van der Waals surface area contributed by atoms with Crippen LogP contribution in [0.1, 0.15) is 35.4 Å². The van der Waals surface area contributed by atoms with Crippen molar-refractivity contribution in [3.63, 3.8) is 0 Å². The van der Waals surface area contributed by atoms with Crippen molar-refractivity contribution < 1.29 is 0 Å². The van der Waals surface area contributed by atoms with Crippen LogP contribution in [0.5, 0.6) is 0 Å². The predicted molar refractivity (Wildman–Crippen MR) is 86.9 cm³/mol. The third-order valence-electron chi connectivity index (χ3n) is 4.35. The van der Waals surface area contributed by atoms with Crippen LogP contribution in [0.15, 0.2) is 42.5 Å². The molecular weight excluding hydrogens is 315 g/mol. The number of rotatable bonds is 2. The SMILES string of the molecule is N#CCC1(C#N)CC(c2ccc(Cl)c(Cl)c2)c2ccccc21. The molecule has 0 saturated heterocycles. The Labute approximate surface area is 139 Å². The average molecular weight is 327 g/mol. The first kappa shape index (κ1) is 14.9. The molecule has 0 N–H and O–H groups in total. The molecule has 4 heteroatoms. The number of fused-ring (bicyclic) bond motifs is 1. The van der Waals surface area contributed by atoms with Gasteiger partial charge in [0.1, 0.15) is 0 Å². The summed E-state index contributed by atoms with van der Waals surface area (Å²) in [6.07, 6.45) is 0.784. The van der Waals surface area contributed by atoms with Crippen LogP contribution in [0.4, 0.5) is 0 Å². The quantitative estimate of drug-likeness (QED) is 0.761. The topological polar surface area (TPSA) is 47.6 Å². The van der Waals surface area contributed by atoms with E-state index in [-0.39, 0.29) is 12.3 Å². The molecule has 2 unspecified atom stereocenters. The zero-order valence-electron chi connectivity index (χ0n) is 11.7. The first-order chi connectivity index (χ1) is 10.6. The number of nitrogens with zero attached hydrogens (tertiary/aromatic N) is 2. The van der Waals surface area contributed by atoms with Gasteiger partial charge < -0.3 is 0 Å². The highest BCUT2D eigenvalue weighted by Crippen LogP contribution is 2.50. The third kappa shape index (κ3) is 2.26. The van der Waals surface area contributed by atoms with Crippen molar-refractivity contribution in [2.75, 3.05) is 0 Å². The molecule has 108 valence electrons. The van der Waals surface area contributed by atoms with Gasteiger partial charge in [0.2, 0.25) is 0 Å². The maximum atomic E-state index is 9.71. The lowest BCUT2D eigenvalue weighted by Gasteiger charge is -2.19. The molecule has 2 aromatic carbocycles. The van der Waals surface area contributed by atoms with Gasteiger partial charge in [0, 0.05) is 5.92 Å². The van der Waals surface area contributed by atoms with Gasteiger partial charge >= 0.3 is 0 Å². The van der Waals surface area contributed by atoms with Crippen LogP contribution >= 0.6 is 23.2 Å². The van der Waals surface area contributed by atoms with E-state index in [0.29, 0.717) is 16.5 Å². The van der Waals surface area contributed by atoms with Gasteiger partial charge in [-0.1, -0.05) is 53.5 Å². The van der Waals surface area contributed by atoms with Crippen molar-refractivity contribution in [3.8, 4) is 12.1 Å². The Morgan fingerprint density at radius 2 is 1.86 bits per heavy atom. The highest BCUT2D eigenvalue weighted by molar-refractivity contribution is 6.42. The highest BCUT2D eigenvalue weighted by atomic mass is 35.5. The second-order valence-electron chi connectivity index (χ2n) is 5.55. The molecule has 1 aliphatic rings. The van der Waals surface area contributed by atoms with Gasteiger partial charge in [-0.25, -0.2) is 0 Å². The van der Waals surface area contributed by atoms with Crippen molar-refractivity contribution >= 4 is 23.2 Å². The standard InChI is InChI=1S/C18H12Cl2N2/c19-16-6-5-12(9-17(16)20)14-10-18(11-22,7-8-21)15-4-2-1-3-13(14)15/h1-6,9,14H,7,10H2. The van der Waals surface area contributed by atoms with Gasteiger partial charge in [0.15, 0.2) is 0 Å². The Hall–Kier alpha value is -2.00. The van der Waals surface area contributed by atoms with Crippen molar-refractivity contribution in [1.29, 1.82) is 10.5 Å². The monoisotopic (exact) mass is 326 g/mol. The number of nitriles is 2. The van der Waals surface area contributed by atoms with E-state index in [0.717, 1.165) is 16.7 Å². The van der Waals surface area contributed by atoms with E-state index >= 15 is 0 Å². The molecule has 0 bridgehead atoms. The zero-order valence-corrected chi connectivity index (χ0v) is 13.2. The van der Waals surface area contributed by atoms with Crippen molar-refractivity contribution in [3.05, 3.63) is 69.2 Å². The molecule has 2 atom stereocenters. The smallest absolute Gasteiger partial charge is 0.0963 e. The van der Waals surface area contributed by atoms with E-state index in [1.807, 2.05) is 36.4 Å². The van der Waals surface area contributed by atoms with E-state index in [1.165, 1.54) is 0 Å². The van der Waals surface area contributed by atoms with Crippen LogP contribution in [-0.2, 0) is 5.41 Å². The Morgan fingerprint density at radius 3 is 2.55 bits per heavy atom. The van der Waals surface area contributed by atoms with Crippen LogP contribution < -0.4 is 0 Å². The Balaban J connectivity index is 2.14. The Kier molecular flexibility index (Phi) is 3.83. The molecule has 0 fully saturated rings. The summed E-state index contributed by atoms with van der Waals surface area (Å²) in [4.78, 5) is 0. The highest BCUT2D eigenvalue weighted by Gasteiger charge is 2.44. The molecular formula is C18H12Cl2N2. The first-order valence-electron chi connectivity index (χ1n) is 6.94. The van der Waals surface area contributed by atoms with Crippen LogP contribution in [-0.4, -0.2) is 0 Å². The zero-order chi connectivity index (χ0) is 15.7. The second kappa shape index (κ2) is 5.65. The van der Waals surface area contributed by atoms with Gasteiger partial charge in [-0.15, -0.1) is 0 Å². The van der Waals surface area contributed by atoms with E-state index in [1.54, 1.807) is 6.07 Å². The fourth-order valence-corrected chi connectivity index (χ4v) is 3.59. The second-order valence-corrected chi connectivity index (χ2v) is 6.36. The summed E-state index contributed by atoms with van der Waals surface area (Å²) < 4.78 is 0. The molecule has 3 rings (SSSR count). The normalized spacial score (nSPS) is 22.6. The predicted octanol–water partition coefficient (Wildman–Crippen LogP) is 5.20.